The Hall–Kier alpha value is -2.55. The Morgan fingerprint density at radius 1 is 0.756 bits per heavy atom. The summed E-state index contributed by atoms with van der Waals surface area (Å²) in [6.07, 6.45) is -6.87. The van der Waals surface area contributed by atoms with Crippen molar-refractivity contribution in [1.29, 1.82) is 0 Å². The third-order valence-electron chi connectivity index (χ3n) is 7.76. The van der Waals surface area contributed by atoms with Crippen LogP contribution in [0.4, 0.5) is 79.6 Å². The number of nitrogens with one attached hydrogen (secondary N) is 1. The van der Waals surface area contributed by atoms with Crippen LogP contribution in [0.15, 0.2) is 0 Å². The number of alkyl halides is 17. The predicted octanol–water partition coefficient (Wildman–Crippen LogP) is 8.34. The Bertz CT molecular complexity index is 1320. The van der Waals surface area contributed by atoms with Gasteiger partial charge in [-0.2, -0.15) is 74.6 Å². The number of hydrogen-bond acceptors (Lipinski definition) is 3. The van der Waals surface area contributed by atoms with Crippen LogP contribution in [0.25, 0.3) is 0 Å². The molecule has 1 aliphatic rings. The van der Waals surface area contributed by atoms with E-state index >= 15 is 0 Å². The molecule has 260 valence electrons. The van der Waals surface area contributed by atoms with Gasteiger partial charge in [0.25, 0.3) is 5.91 Å². The highest BCUT2D eigenvalue weighted by molar-refractivity contribution is 7.17. The van der Waals surface area contributed by atoms with Crippen molar-refractivity contribution in [2.45, 2.75) is 94.1 Å². The van der Waals surface area contributed by atoms with E-state index in [2.05, 4.69) is 0 Å². The van der Waals surface area contributed by atoms with Crippen molar-refractivity contribution in [3.05, 3.63) is 16.0 Å². The molecule has 4 nitrogen and oxygen atoms in total. The van der Waals surface area contributed by atoms with Crippen LogP contribution in [0.2, 0.25) is 0 Å². The van der Waals surface area contributed by atoms with E-state index in [1.54, 1.807) is 0 Å². The molecule has 0 aliphatic heterocycles. The van der Waals surface area contributed by atoms with Gasteiger partial charge in [0.2, 0.25) is 0 Å². The lowest BCUT2D eigenvalue weighted by Crippen LogP contribution is -2.75. The molecule has 1 aliphatic carbocycles. The molecule has 1 aromatic rings. The lowest BCUT2D eigenvalue weighted by atomic mass is 9.69. The maximum Gasteiger partial charge on any atom is 0.460 e. The highest BCUT2D eigenvalue weighted by Crippen LogP contribution is 2.64. The molecule has 22 heteroatoms. The molecule has 1 atom stereocenters. The van der Waals surface area contributed by atoms with Crippen LogP contribution in [0, 0.1) is 11.3 Å². The van der Waals surface area contributed by atoms with E-state index in [9.17, 15) is 84.2 Å². The maximum absolute atomic E-state index is 14.4. The van der Waals surface area contributed by atoms with Crippen molar-refractivity contribution >= 4 is 28.2 Å². The van der Waals surface area contributed by atoms with Gasteiger partial charge in [0.1, 0.15) is 5.00 Å². The topological polar surface area (TPSA) is 72.2 Å². The van der Waals surface area contributed by atoms with Crippen molar-refractivity contribution in [2.24, 2.45) is 17.1 Å². The summed E-state index contributed by atoms with van der Waals surface area (Å²) >= 11 is 0.246. The van der Waals surface area contributed by atoms with Crippen molar-refractivity contribution in [2.75, 3.05) is 5.32 Å². The molecule has 0 radical (unpaired) electrons. The molecule has 2 rings (SSSR count). The van der Waals surface area contributed by atoms with Gasteiger partial charge in [-0.05, 0) is 36.2 Å². The second-order valence-corrected chi connectivity index (χ2v) is 11.9. The van der Waals surface area contributed by atoms with E-state index in [1.165, 1.54) is 0 Å². The summed E-state index contributed by atoms with van der Waals surface area (Å²) in [4.78, 5) is 24.2. The van der Waals surface area contributed by atoms with Gasteiger partial charge in [-0.15, -0.1) is 11.3 Å². The average molecular weight is 712 g/mol. The number of carbonyl (C=O) groups is 2. The summed E-state index contributed by atoms with van der Waals surface area (Å²) in [7, 11) is 0. The van der Waals surface area contributed by atoms with Crippen LogP contribution < -0.4 is 11.1 Å². The fourth-order valence-corrected chi connectivity index (χ4v) is 5.71. The third-order valence-corrected chi connectivity index (χ3v) is 8.93. The molecule has 1 unspecified atom stereocenters. The first-order valence-electron chi connectivity index (χ1n) is 12.2. The van der Waals surface area contributed by atoms with Gasteiger partial charge >= 0.3 is 53.5 Å². The van der Waals surface area contributed by atoms with Crippen LogP contribution in [0.1, 0.15) is 54.4 Å². The Balaban J connectivity index is 2.57. The first-order chi connectivity index (χ1) is 19.7. The van der Waals surface area contributed by atoms with E-state index in [0.29, 0.717) is 12.8 Å². The number of thiophene rings is 1. The van der Waals surface area contributed by atoms with Crippen molar-refractivity contribution < 1.29 is 84.2 Å². The number of rotatable bonds is 11. The van der Waals surface area contributed by atoms with Crippen LogP contribution in [-0.2, 0) is 17.6 Å². The van der Waals surface area contributed by atoms with Crippen LogP contribution in [0.5, 0.6) is 0 Å². The molecule has 45 heavy (non-hydrogen) atoms. The number of fused-ring (bicyclic) bond motifs is 1. The molecule has 0 fully saturated rings. The molecule has 1 aromatic heterocycles. The molecule has 2 amide bonds. The monoisotopic (exact) mass is 712 g/mol. The lowest BCUT2D eigenvalue weighted by molar-refractivity contribution is -0.459. The van der Waals surface area contributed by atoms with Gasteiger partial charge < -0.3 is 11.1 Å². The zero-order valence-electron chi connectivity index (χ0n) is 22.6. The quantitative estimate of drug-likeness (QED) is 0.227. The van der Waals surface area contributed by atoms with Gasteiger partial charge in [-0.25, -0.2) is 0 Å². The normalized spacial score (nSPS) is 18.1. The van der Waals surface area contributed by atoms with Gasteiger partial charge in [0, 0.05) is 4.88 Å². The fourth-order valence-electron chi connectivity index (χ4n) is 4.38. The molecule has 0 saturated carbocycles. The molecule has 0 bridgehead atoms. The minimum absolute atomic E-state index is 0.00496. The molecule has 1 heterocycles. The fraction of sp³-hybridized carbons (Fsp3) is 0.739. The van der Waals surface area contributed by atoms with Gasteiger partial charge in [0.05, 0.1) is 5.56 Å². The maximum atomic E-state index is 14.4. The molecular formula is C23H21F17N2O2S. The number of hydrogen-bond donors (Lipinski definition) is 2. The highest BCUT2D eigenvalue weighted by Gasteiger charge is 2.95. The van der Waals surface area contributed by atoms with E-state index in [0.717, 1.165) is 5.32 Å². The number of anilines is 1. The van der Waals surface area contributed by atoms with Crippen molar-refractivity contribution in [3.8, 4) is 0 Å². The average Bonchev–Trinajstić information content (AvgIpc) is 3.24. The summed E-state index contributed by atoms with van der Waals surface area (Å²) in [6, 6.07) is 0. The van der Waals surface area contributed by atoms with E-state index in [-0.39, 0.29) is 46.0 Å². The Morgan fingerprint density at radius 3 is 1.58 bits per heavy atom. The molecule has 0 aromatic carbocycles. The van der Waals surface area contributed by atoms with Crippen LogP contribution in [0.3, 0.4) is 0 Å². The van der Waals surface area contributed by atoms with Crippen molar-refractivity contribution in [3.63, 3.8) is 0 Å². The number of nitrogens with two attached hydrogens (primary N) is 1. The molecular weight excluding hydrogens is 691 g/mol. The van der Waals surface area contributed by atoms with Crippen molar-refractivity contribution in [1.82, 2.24) is 0 Å². The predicted molar refractivity (Wildman–Crippen MR) is 122 cm³/mol. The van der Waals surface area contributed by atoms with E-state index in [1.807, 2.05) is 20.8 Å². The number of amides is 2. The number of carbonyl (C=O) groups excluding carboxylic acids is 2. The number of primary amides is 1. The second-order valence-electron chi connectivity index (χ2n) is 10.8. The Labute approximate surface area is 245 Å². The Morgan fingerprint density at radius 2 is 1.18 bits per heavy atom. The second kappa shape index (κ2) is 11.0. The van der Waals surface area contributed by atoms with Crippen LogP contribution in [-0.4, -0.2) is 59.4 Å². The summed E-state index contributed by atoms with van der Waals surface area (Å²) in [6.45, 7) is 5.47. The van der Waals surface area contributed by atoms with E-state index < -0.39 is 70.0 Å². The van der Waals surface area contributed by atoms with Gasteiger partial charge in [-0.1, -0.05) is 27.2 Å². The zero-order chi connectivity index (χ0) is 35.8. The Kier molecular flexibility index (Phi) is 9.46. The first kappa shape index (κ1) is 38.6. The van der Waals surface area contributed by atoms with Gasteiger partial charge in [0.15, 0.2) is 0 Å². The zero-order valence-corrected chi connectivity index (χ0v) is 23.4. The summed E-state index contributed by atoms with van der Waals surface area (Å²) in [5, 5.41) is -0.246. The number of halogens is 17. The SMILES string of the molecule is CCC(C)(C)C1CCc2c(sc(NC(=O)C(F)(F)C(F)(F)C(F)(F)C(F)(F)C(F)(F)C(F)(F)C(F)(F)C(F)(F)F)c2C(N)=O)C1. The minimum Gasteiger partial charge on any atom is -0.365 e. The van der Waals surface area contributed by atoms with Gasteiger partial charge in [-0.3, -0.25) is 9.59 Å². The van der Waals surface area contributed by atoms with E-state index in [4.69, 9.17) is 5.73 Å². The molecule has 0 saturated heterocycles. The third kappa shape index (κ3) is 5.48. The highest BCUT2D eigenvalue weighted by atomic mass is 32.1. The standard InChI is InChI=1S/C23H21F17N2O2S/c1-4-15(2,3)8-5-6-9-10(7-8)45-13(11(9)12(41)43)42-14(44)16(24,25)17(26,27)18(28,29)19(30,31)20(32,33)21(34,35)22(36,37)23(38,39)40/h8H,4-7H2,1-3H3,(H2,41,43)(H,42,44). The molecule has 0 spiro atoms. The largest absolute Gasteiger partial charge is 0.460 e. The lowest BCUT2D eigenvalue weighted by Gasteiger charge is -2.42. The minimum atomic E-state index is -8.81. The summed E-state index contributed by atoms with van der Waals surface area (Å²) in [5.41, 5.74) is 3.99. The molecule has 3 N–H and O–H groups in total. The first-order valence-corrected chi connectivity index (χ1v) is 13.0. The summed E-state index contributed by atoms with van der Waals surface area (Å²) in [5.74, 6) is -64.1. The smallest absolute Gasteiger partial charge is 0.365 e. The van der Waals surface area contributed by atoms with Crippen LogP contribution >= 0.6 is 11.3 Å². The summed E-state index contributed by atoms with van der Waals surface area (Å²) < 4.78 is 230.